The fourth-order valence-corrected chi connectivity index (χ4v) is 5.62. The summed E-state index contributed by atoms with van der Waals surface area (Å²) in [6.07, 6.45) is 11.1. The SMILES string of the molecule is CC(=NC1CC2(CCN(C#N)CC2)C1)/C(=C\N)c1cc(OC(CO)c2ccc(F)cn2)c2c(C#N)cnn2c1. The molecule has 2 aliphatic rings. The molecule has 1 aliphatic heterocycles. The minimum Gasteiger partial charge on any atom is -0.479 e. The van der Waals surface area contributed by atoms with Gasteiger partial charge in [-0.1, -0.05) is 0 Å². The van der Waals surface area contributed by atoms with E-state index in [-0.39, 0.29) is 11.5 Å². The Bertz CT molecular complexity index is 1500. The Morgan fingerprint density at radius 3 is 2.72 bits per heavy atom. The Morgan fingerprint density at radius 1 is 1.33 bits per heavy atom. The van der Waals surface area contributed by atoms with Crippen molar-refractivity contribution < 1.29 is 14.2 Å². The van der Waals surface area contributed by atoms with E-state index in [2.05, 4.69) is 22.3 Å². The topological polar surface area (TPSA) is 149 Å². The third kappa shape index (κ3) is 5.14. The van der Waals surface area contributed by atoms with Gasteiger partial charge in [-0.3, -0.25) is 9.98 Å². The van der Waals surface area contributed by atoms with Crippen molar-refractivity contribution in [3.05, 3.63) is 65.6 Å². The number of nitrogens with zero attached hydrogens (tertiary/aromatic N) is 7. The van der Waals surface area contributed by atoms with E-state index in [0.29, 0.717) is 33.7 Å². The molecule has 1 unspecified atom stereocenters. The molecule has 3 aromatic heterocycles. The number of aliphatic hydroxyl groups excluding tert-OH is 1. The summed E-state index contributed by atoms with van der Waals surface area (Å²) in [5.74, 6) is -0.203. The lowest BCUT2D eigenvalue weighted by Crippen LogP contribution is -2.47. The number of piperidine rings is 1. The Kier molecular flexibility index (Phi) is 7.18. The molecular weight excluding hydrogens is 499 g/mol. The second kappa shape index (κ2) is 10.7. The van der Waals surface area contributed by atoms with Crippen molar-refractivity contribution in [3.63, 3.8) is 0 Å². The van der Waals surface area contributed by atoms with Gasteiger partial charge >= 0.3 is 0 Å². The molecule has 1 saturated carbocycles. The summed E-state index contributed by atoms with van der Waals surface area (Å²) in [5.41, 5.74) is 9.55. The summed E-state index contributed by atoms with van der Waals surface area (Å²) in [7, 11) is 0. The lowest BCUT2D eigenvalue weighted by atomic mass is 9.60. The van der Waals surface area contributed by atoms with Crippen LogP contribution in [0.1, 0.15) is 55.5 Å². The van der Waals surface area contributed by atoms with E-state index in [1.54, 1.807) is 12.3 Å². The van der Waals surface area contributed by atoms with Gasteiger partial charge in [-0.25, -0.2) is 8.91 Å². The zero-order valence-electron chi connectivity index (χ0n) is 21.6. The molecule has 0 aromatic carbocycles. The molecular formula is C28H29FN8O2. The van der Waals surface area contributed by atoms with Gasteiger partial charge in [0.25, 0.3) is 0 Å². The van der Waals surface area contributed by atoms with E-state index in [4.69, 9.17) is 20.7 Å². The van der Waals surface area contributed by atoms with Crippen LogP contribution in [0.3, 0.4) is 0 Å². The van der Waals surface area contributed by atoms with Gasteiger partial charge in [0.05, 0.1) is 30.7 Å². The van der Waals surface area contributed by atoms with Gasteiger partial charge in [-0.05, 0) is 56.2 Å². The second-order valence-electron chi connectivity index (χ2n) is 10.2. The summed E-state index contributed by atoms with van der Waals surface area (Å²) < 4.78 is 21.1. The van der Waals surface area contributed by atoms with Gasteiger partial charge < -0.3 is 20.5 Å². The molecule has 5 rings (SSSR count). The molecule has 0 radical (unpaired) electrons. The average molecular weight is 529 g/mol. The number of nitrogens with two attached hydrogens (primary N) is 1. The van der Waals surface area contributed by atoms with E-state index in [0.717, 1.165) is 50.7 Å². The van der Waals surface area contributed by atoms with Gasteiger partial charge in [0, 0.05) is 42.3 Å². The molecule has 0 bridgehead atoms. The molecule has 1 atom stereocenters. The van der Waals surface area contributed by atoms with Gasteiger partial charge in [0.1, 0.15) is 28.7 Å². The summed E-state index contributed by atoms with van der Waals surface area (Å²) in [6.45, 7) is 3.11. The maximum atomic E-state index is 13.4. The third-order valence-electron chi connectivity index (χ3n) is 7.76. The summed E-state index contributed by atoms with van der Waals surface area (Å²) in [4.78, 5) is 10.8. The Balaban J connectivity index is 1.42. The first-order valence-electron chi connectivity index (χ1n) is 12.8. The van der Waals surface area contributed by atoms with Crippen molar-refractivity contribution in [1.82, 2.24) is 19.5 Å². The van der Waals surface area contributed by atoms with Crippen molar-refractivity contribution in [2.45, 2.75) is 44.8 Å². The number of allylic oxidation sites excluding steroid dienone is 1. The number of nitriles is 2. The molecule has 1 spiro atoms. The molecule has 11 heteroatoms. The highest BCUT2D eigenvalue weighted by atomic mass is 19.1. The van der Waals surface area contributed by atoms with E-state index < -0.39 is 18.5 Å². The number of aliphatic imine (C=N–C) groups is 1. The largest absolute Gasteiger partial charge is 0.479 e. The van der Waals surface area contributed by atoms with Gasteiger partial charge in [0.15, 0.2) is 12.3 Å². The molecule has 3 aromatic rings. The number of likely N-dealkylation sites (tertiary alicyclic amines) is 1. The maximum Gasteiger partial charge on any atom is 0.179 e. The number of hydrogen-bond donors (Lipinski definition) is 2. The summed E-state index contributed by atoms with van der Waals surface area (Å²) >= 11 is 0. The number of ether oxygens (including phenoxy) is 1. The van der Waals surface area contributed by atoms with Crippen molar-refractivity contribution in [2.75, 3.05) is 19.7 Å². The van der Waals surface area contributed by atoms with Gasteiger partial charge in [0.2, 0.25) is 0 Å². The first-order chi connectivity index (χ1) is 18.9. The number of aliphatic hydroxyl groups is 1. The molecule has 4 heterocycles. The normalized spacial score (nSPS) is 18.4. The number of pyridine rings is 2. The van der Waals surface area contributed by atoms with Crippen molar-refractivity contribution in [3.8, 4) is 18.0 Å². The van der Waals surface area contributed by atoms with E-state index in [1.807, 2.05) is 11.8 Å². The molecule has 1 aliphatic carbocycles. The lowest BCUT2D eigenvalue weighted by molar-refractivity contribution is 0.0357. The van der Waals surface area contributed by atoms with Crippen molar-refractivity contribution >= 4 is 16.8 Å². The molecule has 200 valence electrons. The first kappa shape index (κ1) is 26.1. The molecule has 1 saturated heterocycles. The monoisotopic (exact) mass is 528 g/mol. The Hall–Kier alpha value is -4.48. The first-order valence-corrected chi connectivity index (χ1v) is 12.8. The van der Waals surface area contributed by atoms with E-state index in [9.17, 15) is 14.8 Å². The van der Waals surface area contributed by atoms with Crippen LogP contribution in [-0.2, 0) is 0 Å². The zero-order valence-corrected chi connectivity index (χ0v) is 21.6. The molecule has 0 amide bonds. The molecule has 3 N–H and O–H groups in total. The number of fused-ring (bicyclic) bond motifs is 1. The second-order valence-corrected chi connectivity index (χ2v) is 10.2. The van der Waals surface area contributed by atoms with Crippen LogP contribution in [0.4, 0.5) is 4.39 Å². The lowest BCUT2D eigenvalue weighted by Gasteiger charge is -2.50. The Morgan fingerprint density at radius 2 is 2.10 bits per heavy atom. The van der Waals surface area contributed by atoms with Crippen molar-refractivity contribution in [1.29, 1.82) is 10.5 Å². The van der Waals surface area contributed by atoms with Crippen LogP contribution >= 0.6 is 0 Å². The smallest absolute Gasteiger partial charge is 0.179 e. The molecule has 10 nitrogen and oxygen atoms in total. The minimum absolute atomic E-state index is 0.186. The highest BCUT2D eigenvalue weighted by molar-refractivity contribution is 6.22. The highest BCUT2D eigenvalue weighted by Gasteiger charge is 2.45. The number of rotatable bonds is 7. The third-order valence-corrected chi connectivity index (χ3v) is 7.76. The van der Waals surface area contributed by atoms with E-state index >= 15 is 0 Å². The van der Waals surface area contributed by atoms with Crippen LogP contribution in [0.25, 0.3) is 11.1 Å². The highest BCUT2D eigenvalue weighted by Crippen LogP contribution is 2.50. The van der Waals surface area contributed by atoms with Gasteiger partial charge in [-0.15, -0.1) is 0 Å². The van der Waals surface area contributed by atoms with Crippen LogP contribution in [-0.4, -0.2) is 56.1 Å². The van der Waals surface area contributed by atoms with Crippen LogP contribution in [0.15, 0.2) is 48.0 Å². The minimum atomic E-state index is -0.898. The zero-order chi connectivity index (χ0) is 27.6. The fraction of sp³-hybridized carbons (Fsp3) is 0.393. The van der Waals surface area contributed by atoms with Crippen LogP contribution in [0, 0.1) is 34.0 Å². The number of hydrogen-bond acceptors (Lipinski definition) is 9. The summed E-state index contributed by atoms with van der Waals surface area (Å²) in [6, 6.07) is 6.72. The van der Waals surface area contributed by atoms with Crippen LogP contribution in [0.5, 0.6) is 5.75 Å². The quantitative estimate of drug-likeness (QED) is 0.350. The van der Waals surface area contributed by atoms with Crippen molar-refractivity contribution in [2.24, 2.45) is 16.1 Å². The fourth-order valence-electron chi connectivity index (χ4n) is 5.62. The molecule has 39 heavy (non-hydrogen) atoms. The maximum absolute atomic E-state index is 13.4. The van der Waals surface area contributed by atoms with Crippen LogP contribution < -0.4 is 10.5 Å². The molecule has 2 fully saturated rings. The van der Waals surface area contributed by atoms with E-state index in [1.165, 1.54) is 29.0 Å². The average Bonchev–Trinajstić information content (AvgIpc) is 3.35. The summed E-state index contributed by atoms with van der Waals surface area (Å²) in [5, 5.41) is 33.1. The predicted molar refractivity (Wildman–Crippen MR) is 142 cm³/mol. The number of halogens is 1. The van der Waals surface area contributed by atoms with Crippen LogP contribution in [0.2, 0.25) is 0 Å². The number of aromatic nitrogens is 3. The van der Waals surface area contributed by atoms with Gasteiger partial charge in [-0.2, -0.15) is 15.6 Å². The standard InChI is InChI=1S/C28H29FN8O2/c1-18(35-22-9-28(10-22)4-6-36(17-32)7-5-28)23(12-31)19-8-25(27-20(11-30)13-34-37(27)15-19)39-26(16-38)24-3-2-21(29)14-33-24/h2-3,8,12-15,22,26,38H,4-7,9-10,16,31H2,1H3/b23-12+,35-18?. The Labute approximate surface area is 225 Å². The predicted octanol–water partition coefficient (Wildman–Crippen LogP) is 3.34.